The first-order valence-electron chi connectivity index (χ1n) is 5.13. The van der Waals surface area contributed by atoms with Gasteiger partial charge >= 0.3 is 6.18 Å². The number of nitrogens with one attached hydrogen (secondary N) is 1. The van der Waals surface area contributed by atoms with E-state index in [4.69, 9.17) is 4.74 Å². The minimum Gasteiger partial charge on any atom is -0.373 e. The Morgan fingerprint density at radius 2 is 2.22 bits per heavy atom. The SMILES string of the molecule is COC1(C)C=C(C(=O)NCC(F)(F)F)C=CC1Br. The van der Waals surface area contributed by atoms with E-state index in [1.807, 2.05) is 5.32 Å². The van der Waals surface area contributed by atoms with E-state index in [-0.39, 0.29) is 10.4 Å². The van der Waals surface area contributed by atoms with E-state index >= 15 is 0 Å². The van der Waals surface area contributed by atoms with E-state index in [1.54, 1.807) is 13.0 Å². The molecule has 0 aromatic rings. The van der Waals surface area contributed by atoms with E-state index in [1.165, 1.54) is 19.3 Å². The monoisotopic (exact) mass is 327 g/mol. The third-order valence-corrected chi connectivity index (χ3v) is 3.80. The zero-order valence-electron chi connectivity index (χ0n) is 9.84. The number of amides is 1. The first-order chi connectivity index (χ1) is 8.18. The Morgan fingerprint density at radius 1 is 1.61 bits per heavy atom. The van der Waals surface area contributed by atoms with Gasteiger partial charge in [0.2, 0.25) is 0 Å². The van der Waals surface area contributed by atoms with Crippen molar-refractivity contribution in [3.8, 4) is 0 Å². The number of methoxy groups -OCH3 is 1. The Morgan fingerprint density at radius 3 is 2.72 bits per heavy atom. The summed E-state index contributed by atoms with van der Waals surface area (Å²) in [6, 6.07) is 0. The summed E-state index contributed by atoms with van der Waals surface area (Å²) in [6.07, 6.45) is 0.202. The number of rotatable bonds is 3. The van der Waals surface area contributed by atoms with Crippen LogP contribution in [0.5, 0.6) is 0 Å². The van der Waals surface area contributed by atoms with Gasteiger partial charge in [0.25, 0.3) is 5.91 Å². The number of carbonyl (C=O) groups excluding carboxylic acids is 1. The van der Waals surface area contributed by atoms with Crippen molar-refractivity contribution in [2.24, 2.45) is 0 Å². The van der Waals surface area contributed by atoms with Crippen LogP contribution in [0.25, 0.3) is 0 Å². The Kier molecular flexibility index (Phi) is 4.61. The van der Waals surface area contributed by atoms with Gasteiger partial charge in [0.1, 0.15) is 12.1 Å². The maximum atomic E-state index is 12.0. The number of alkyl halides is 4. The first-order valence-corrected chi connectivity index (χ1v) is 6.05. The number of halogens is 4. The topological polar surface area (TPSA) is 38.3 Å². The van der Waals surface area contributed by atoms with Crippen molar-refractivity contribution in [3.05, 3.63) is 23.8 Å². The Labute approximate surface area is 111 Å². The lowest BCUT2D eigenvalue weighted by atomic mass is 9.92. The summed E-state index contributed by atoms with van der Waals surface area (Å²) >= 11 is 3.35. The average Bonchev–Trinajstić information content (AvgIpc) is 2.29. The fourth-order valence-corrected chi connectivity index (χ4v) is 1.88. The van der Waals surface area contributed by atoms with Crippen LogP contribution in [0.1, 0.15) is 6.92 Å². The van der Waals surface area contributed by atoms with Crippen molar-refractivity contribution in [2.45, 2.75) is 23.5 Å². The van der Waals surface area contributed by atoms with Crippen LogP contribution in [-0.4, -0.2) is 36.2 Å². The lowest BCUT2D eigenvalue weighted by Gasteiger charge is -2.31. The van der Waals surface area contributed by atoms with Crippen molar-refractivity contribution in [3.63, 3.8) is 0 Å². The minimum absolute atomic E-state index is 0.144. The minimum atomic E-state index is -4.42. The van der Waals surface area contributed by atoms with Crippen LogP contribution in [0.15, 0.2) is 23.8 Å². The molecule has 1 N–H and O–H groups in total. The van der Waals surface area contributed by atoms with Crippen molar-refractivity contribution >= 4 is 21.8 Å². The summed E-state index contributed by atoms with van der Waals surface area (Å²) in [7, 11) is 1.47. The van der Waals surface area contributed by atoms with Crippen LogP contribution >= 0.6 is 15.9 Å². The molecule has 2 unspecified atom stereocenters. The highest BCUT2D eigenvalue weighted by Gasteiger charge is 2.33. The fraction of sp³-hybridized carbons (Fsp3) is 0.545. The van der Waals surface area contributed by atoms with E-state index in [0.29, 0.717) is 0 Å². The molecule has 2 atom stereocenters. The second-order valence-electron chi connectivity index (χ2n) is 4.05. The van der Waals surface area contributed by atoms with Crippen LogP contribution in [0.2, 0.25) is 0 Å². The van der Waals surface area contributed by atoms with Gasteiger partial charge in [-0.2, -0.15) is 13.2 Å². The number of hydrogen-bond donors (Lipinski definition) is 1. The maximum absolute atomic E-state index is 12.0. The van der Waals surface area contributed by atoms with E-state index in [9.17, 15) is 18.0 Å². The number of hydrogen-bond acceptors (Lipinski definition) is 2. The quantitative estimate of drug-likeness (QED) is 0.808. The summed E-state index contributed by atoms with van der Waals surface area (Å²) < 4.78 is 41.2. The summed E-state index contributed by atoms with van der Waals surface area (Å²) in [6.45, 7) is 0.380. The standard InChI is InChI=1S/C11H13BrF3NO2/c1-10(18-2)5-7(3-4-8(10)12)9(17)16-6-11(13,14)15/h3-5,8H,6H2,1-2H3,(H,16,17). The van der Waals surface area contributed by atoms with Gasteiger partial charge in [0, 0.05) is 12.7 Å². The van der Waals surface area contributed by atoms with Crippen LogP contribution < -0.4 is 5.32 Å². The van der Waals surface area contributed by atoms with Gasteiger partial charge < -0.3 is 10.1 Å². The van der Waals surface area contributed by atoms with Crippen LogP contribution in [-0.2, 0) is 9.53 Å². The summed E-state index contributed by atoms with van der Waals surface area (Å²) in [4.78, 5) is 11.4. The number of ether oxygens (including phenoxy) is 1. The number of carbonyl (C=O) groups is 1. The molecule has 1 rings (SSSR count). The molecule has 7 heteroatoms. The molecule has 0 heterocycles. The highest BCUT2D eigenvalue weighted by Crippen LogP contribution is 2.30. The van der Waals surface area contributed by atoms with Crippen LogP contribution in [0.3, 0.4) is 0 Å². The second kappa shape index (κ2) is 5.44. The molecule has 0 aliphatic heterocycles. The van der Waals surface area contributed by atoms with Crippen molar-refractivity contribution in [1.82, 2.24) is 5.32 Å². The van der Waals surface area contributed by atoms with Gasteiger partial charge in [0.05, 0.1) is 4.83 Å². The Balaban J connectivity index is 2.75. The van der Waals surface area contributed by atoms with Crippen molar-refractivity contribution in [1.29, 1.82) is 0 Å². The lowest BCUT2D eigenvalue weighted by Crippen LogP contribution is -2.40. The summed E-state index contributed by atoms with van der Waals surface area (Å²) in [5.74, 6) is -0.772. The molecule has 1 amide bonds. The summed E-state index contributed by atoms with van der Waals surface area (Å²) in [5.41, 5.74) is -0.612. The van der Waals surface area contributed by atoms with Crippen LogP contribution in [0.4, 0.5) is 13.2 Å². The lowest BCUT2D eigenvalue weighted by molar-refractivity contribution is -0.136. The fourth-order valence-electron chi connectivity index (χ4n) is 1.41. The van der Waals surface area contributed by atoms with Gasteiger partial charge in [-0.3, -0.25) is 4.79 Å². The highest BCUT2D eigenvalue weighted by atomic mass is 79.9. The normalized spacial score (nSPS) is 27.9. The third kappa shape index (κ3) is 3.84. The zero-order valence-corrected chi connectivity index (χ0v) is 11.4. The molecule has 0 saturated heterocycles. The molecule has 0 fully saturated rings. The zero-order chi connectivity index (χ0) is 14.0. The smallest absolute Gasteiger partial charge is 0.373 e. The van der Waals surface area contributed by atoms with Gasteiger partial charge in [-0.25, -0.2) is 0 Å². The molecule has 3 nitrogen and oxygen atoms in total. The first kappa shape index (κ1) is 15.2. The van der Waals surface area contributed by atoms with Gasteiger partial charge in [0.15, 0.2) is 0 Å². The van der Waals surface area contributed by atoms with Crippen molar-refractivity contribution in [2.75, 3.05) is 13.7 Å². The molecule has 0 aromatic carbocycles. The second-order valence-corrected chi connectivity index (χ2v) is 5.03. The summed E-state index contributed by atoms with van der Waals surface area (Å²) in [5, 5.41) is 1.81. The molecule has 1 aliphatic carbocycles. The molecule has 102 valence electrons. The predicted octanol–water partition coefficient (Wildman–Crippen LogP) is 2.33. The van der Waals surface area contributed by atoms with Gasteiger partial charge in [-0.15, -0.1) is 0 Å². The van der Waals surface area contributed by atoms with E-state index < -0.39 is 24.2 Å². The van der Waals surface area contributed by atoms with Crippen molar-refractivity contribution < 1.29 is 22.7 Å². The molecule has 0 spiro atoms. The predicted molar refractivity (Wildman–Crippen MR) is 64.4 cm³/mol. The molecule has 0 saturated carbocycles. The van der Waals surface area contributed by atoms with E-state index in [0.717, 1.165) is 0 Å². The molecule has 18 heavy (non-hydrogen) atoms. The highest BCUT2D eigenvalue weighted by molar-refractivity contribution is 9.09. The largest absolute Gasteiger partial charge is 0.405 e. The molecule has 0 radical (unpaired) electrons. The third-order valence-electron chi connectivity index (χ3n) is 2.59. The molecule has 0 bridgehead atoms. The molecule has 0 aromatic heterocycles. The molecular formula is C11H13BrF3NO2. The van der Waals surface area contributed by atoms with Gasteiger partial charge in [-0.05, 0) is 13.0 Å². The average molecular weight is 328 g/mol. The Hall–Kier alpha value is -0.820. The van der Waals surface area contributed by atoms with Crippen LogP contribution in [0, 0.1) is 0 Å². The Bertz CT molecular complexity index is 392. The van der Waals surface area contributed by atoms with Gasteiger partial charge in [-0.1, -0.05) is 28.1 Å². The van der Waals surface area contributed by atoms with E-state index in [2.05, 4.69) is 15.9 Å². The maximum Gasteiger partial charge on any atom is 0.405 e. The molecule has 1 aliphatic rings. The molecular weight excluding hydrogens is 315 g/mol.